The molecule has 0 radical (unpaired) electrons. The summed E-state index contributed by atoms with van der Waals surface area (Å²) in [5, 5.41) is 2.83. The van der Waals surface area contributed by atoms with Gasteiger partial charge in [0.15, 0.2) is 13.2 Å². The van der Waals surface area contributed by atoms with E-state index < -0.39 is 5.97 Å². The Morgan fingerprint density at radius 3 is 2.15 bits per heavy atom. The summed E-state index contributed by atoms with van der Waals surface area (Å²) in [7, 11) is 0. The van der Waals surface area contributed by atoms with E-state index in [0.717, 1.165) is 16.7 Å². The van der Waals surface area contributed by atoms with Crippen LogP contribution in [-0.2, 0) is 14.3 Å². The smallest absolute Gasteiger partial charge is 0.344 e. The third-order valence-corrected chi connectivity index (χ3v) is 4.61. The van der Waals surface area contributed by atoms with Gasteiger partial charge in [-0.3, -0.25) is 4.79 Å². The number of carbonyl (C=O) groups is 2. The normalized spacial score (nSPS) is 11.6. The van der Waals surface area contributed by atoms with E-state index >= 15 is 0 Å². The van der Waals surface area contributed by atoms with Crippen LogP contribution in [0.1, 0.15) is 40.8 Å². The summed E-state index contributed by atoms with van der Waals surface area (Å²) in [4.78, 5) is 23.8. The van der Waals surface area contributed by atoms with E-state index in [0.29, 0.717) is 5.75 Å². The van der Waals surface area contributed by atoms with Gasteiger partial charge in [-0.1, -0.05) is 24.3 Å². The van der Waals surface area contributed by atoms with Crippen LogP contribution in [0.4, 0.5) is 0 Å². The number of nitrogens with one attached hydrogen (secondary N) is 1. The van der Waals surface area contributed by atoms with E-state index in [1.165, 1.54) is 11.1 Å². The number of amides is 1. The highest BCUT2D eigenvalue weighted by Gasteiger charge is 2.13. The molecule has 0 unspecified atom stereocenters. The first-order valence-electron chi connectivity index (χ1n) is 8.98. The maximum absolute atomic E-state index is 12.0. The molecule has 2 rings (SSSR count). The van der Waals surface area contributed by atoms with Crippen molar-refractivity contribution in [3.8, 4) is 5.75 Å². The van der Waals surface area contributed by atoms with Crippen molar-refractivity contribution in [1.29, 1.82) is 0 Å². The fraction of sp³-hybridized carbons (Fsp3) is 0.364. The van der Waals surface area contributed by atoms with Gasteiger partial charge in [0.05, 0.1) is 6.04 Å². The van der Waals surface area contributed by atoms with Crippen molar-refractivity contribution in [2.45, 2.75) is 40.7 Å². The van der Waals surface area contributed by atoms with Crippen LogP contribution in [0, 0.1) is 27.7 Å². The van der Waals surface area contributed by atoms with Crippen LogP contribution in [0.2, 0.25) is 0 Å². The van der Waals surface area contributed by atoms with Crippen molar-refractivity contribution in [3.05, 3.63) is 64.2 Å². The minimum absolute atomic E-state index is 0.165. The number of aryl methyl sites for hydroxylation is 4. The molecule has 5 nitrogen and oxygen atoms in total. The van der Waals surface area contributed by atoms with Crippen LogP contribution >= 0.6 is 0 Å². The quantitative estimate of drug-likeness (QED) is 0.756. The van der Waals surface area contributed by atoms with Crippen molar-refractivity contribution < 1.29 is 19.1 Å². The van der Waals surface area contributed by atoms with Crippen LogP contribution < -0.4 is 10.1 Å². The summed E-state index contributed by atoms with van der Waals surface area (Å²) < 4.78 is 10.4. The van der Waals surface area contributed by atoms with Gasteiger partial charge in [-0.25, -0.2) is 4.79 Å². The molecule has 1 atom stereocenters. The van der Waals surface area contributed by atoms with Gasteiger partial charge in [-0.2, -0.15) is 0 Å². The van der Waals surface area contributed by atoms with Crippen LogP contribution in [0.5, 0.6) is 5.75 Å². The first-order valence-corrected chi connectivity index (χ1v) is 8.98. The Kier molecular flexibility index (Phi) is 6.99. The first kappa shape index (κ1) is 20.5. The standard InChI is InChI=1S/C22H27NO4/c1-14-6-8-19(10-16(14)3)18(5)23-21(24)12-27-22(25)13-26-20-9-7-15(2)17(4)11-20/h6-11,18H,12-13H2,1-5H3,(H,23,24)/t18-/m0/s1. The van der Waals surface area contributed by atoms with Crippen LogP contribution in [-0.4, -0.2) is 25.1 Å². The maximum Gasteiger partial charge on any atom is 0.344 e. The molecule has 0 aliphatic heterocycles. The monoisotopic (exact) mass is 369 g/mol. The van der Waals surface area contributed by atoms with Gasteiger partial charge in [0.25, 0.3) is 5.91 Å². The second kappa shape index (κ2) is 9.21. The zero-order valence-electron chi connectivity index (χ0n) is 16.6. The lowest BCUT2D eigenvalue weighted by Gasteiger charge is -2.16. The molecule has 0 fully saturated rings. The van der Waals surface area contributed by atoms with E-state index in [4.69, 9.17) is 9.47 Å². The van der Waals surface area contributed by atoms with Crippen molar-refractivity contribution in [1.82, 2.24) is 5.32 Å². The average Bonchev–Trinajstić information content (AvgIpc) is 2.63. The highest BCUT2D eigenvalue weighted by molar-refractivity contribution is 5.81. The van der Waals surface area contributed by atoms with Crippen molar-refractivity contribution in [2.24, 2.45) is 0 Å². The largest absolute Gasteiger partial charge is 0.482 e. The summed E-state index contributed by atoms with van der Waals surface area (Å²) in [5.41, 5.74) is 5.62. The molecule has 0 bridgehead atoms. The Morgan fingerprint density at radius 2 is 1.52 bits per heavy atom. The number of esters is 1. The molecule has 0 aromatic heterocycles. The molecule has 0 spiro atoms. The molecule has 27 heavy (non-hydrogen) atoms. The Morgan fingerprint density at radius 1 is 0.889 bits per heavy atom. The predicted molar refractivity (Wildman–Crippen MR) is 105 cm³/mol. The van der Waals surface area contributed by atoms with E-state index in [2.05, 4.69) is 5.32 Å². The highest BCUT2D eigenvalue weighted by atomic mass is 16.6. The lowest BCUT2D eigenvalue weighted by Crippen LogP contribution is -2.32. The summed E-state index contributed by atoms with van der Waals surface area (Å²) in [6.07, 6.45) is 0. The molecule has 1 N–H and O–H groups in total. The lowest BCUT2D eigenvalue weighted by atomic mass is 10.0. The number of hydrogen-bond donors (Lipinski definition) is 1. The summed E-state index contributed by atoms with van der Waals surface area (Å²) in [5.74, 6) is -0.328. The molecule has 144 valence electrons. The Labute approximate surface area is 160 Å². The molecular weight excluding hydrogens is 342 g/mol. The molecule has 0 aliphatic rings. The summed E-state index contributed by atoms with van der Waals surface area (Å²) in [6.45, 7) is 9.39. The second-order valence-corrected chi connectivity index (χ2v) is 6.83. The van der Waals surface area contributed by atoms with Crippen LogP contribution in [0.3, 0.4) is 0 Å². The van der Waals surface area contributed by atoms with Gasteiger partial charge in [-0.15, -0.1) is 0 Å². The van der Waals surface area contributed by atoms with E-state index in [1.807, 2.05) is 65.0 Å². The summed E-state index contributed by atoms with van der Waals surface area (Å²) in [6, 6.07) is 11.5. The molecule has 2 aromatic carbocycles. The Hall–Kier alpha value is -2.82. The Bertz CT molecular complexity index is 829. The minimum atomic E-state index is -0.581. The predicted octanol–water partition coefficient (Wildman–Crippen LogP) is 3.72. The second-order valence-electron chi connectivity index (χ2n) is 6.83. The molecular formula is C22H27NO4. The first-order chi connectivity index (χ1) is 12.8. The molecule has 2 aromatic rings. The van der Waals surface area contributed by atoms with Gasteiger partial charge in [-0.05, 0) is 74.6 Å². The fourth-order valence-corrected chi connectivity index (χ4v) is 2.53. The average molecular weight is 369 g/mol. The number of hydrogen-bond acceptors (Lipinski definition) is 4. The van der Waals surface area contributed by atoms with Crippen LogP contribution in [0.25, 0.3) is 0 Å². The third-order valence-electron chi connectivity index (χ3n) is 4.61. The molecule has 0 saturated heterocycles. The molecule has 0 aliphatic carbocycles. The topological polar surface area (TPSA) is 64.6 Å². The molecule has 5 heteroatoms. The maximum atomic E-state index is 12.0. The number of ether oxygens (including phenoxy) is 2. The van der Waals surface area contributed by atoms with E-state index in [-0.39, 0.29) is 25.2 Å². The van der Waals surface area contributed by atoms with Crippen molar-refractivity contribution >= 4 is 11.9 Å². The van der Waals surface area contributed by atoms with Crippen molar-refractivity contribution in [3.63, 3.8) is 0 Å². The van der Waals surface area contributed by atoms with Gasteiger partial charge >= 0.3 is 5.97 Å². The zero-order valence-corrected chi connectivity index (χ0v) is 16.6. The van der Waals surface area contributed by atoms with Gasteiger partial charge in [0.2, 0.25) is 0 Å². The molecule has 0 heterocycles. The number of benzene rings is 2. The van der Waals surface area contributed by atoms with Gasteiger partial charge in [0, 0.05) is 0 Å². The van der Waals surface area contributed by atoms with Crippen LogP contribution in [0.15, 0.2) is 36.4 Å². The fourth-order valence-electron chi connectivity index (χ4n) is 2.53. The van der Waals surface area contributed by atoms with E-state index in [9.17, 15) is 9.59 Å². The number of rotatable bonds is 7. The zero-order chi connectivity index (χ0) is 20.0. The number of carbonyl (C=O) groups excluding carboxylic acids is 2. The molecule has 1 amide bonds. The lowest BCUT2D eigenvalue weighted by molar-refractivity contribution is -0.150. The van der Waals surface area contributed by atoms with Gasteiger partial charge in [0.1, 0.15) is 5.75 Å². The van der Waals surface area contributed by atoms with Crippen molar-refractivity contribution in [2.75, 3.05) is 13.2 Å². The third kappa shape index (κ3) is 6.13. The SMILES string of the molecule is Cc1ccc(OCC(=O)OCC(=O)N[C@@H](C)c2ccc(C)c(C)c2)cc1C. The minimum Gasteiger partial charge on any atom is -0.482 e. The van der Waals surface area contributed by atoms with E-state index in [1.54, 1.807) is 6.07 Å². The molecule has 0 saturated carbocycles. The van der Waals surface area contributed by atoms with Gasteiger partial charge < -0.3 is 14.8 Å². The Balaban J connectivity index is 1.76. The highest BCUT2D eigenvalue weighted by Crippen LogP contribution is 2.17. The summed E-state index contributed by atoms with van der Waals surface area (Å²) >= 11 is 0.